The van der Waals surface area contributed by atoms with Gasteiger partial charge in [-0.15, -0.1) is 0 Å². The predicted octanol–water partition coefficient (Wildman–Crippen LogP) is 2.99. The van der Waals surface area contributed by atoms with Crippen molar-refractivity contribution in [2.24, 2.45) is 5.92 Å². The van der Waals surface area contributed by atoms with Crippen molar-refractivity contribution in [1.29, 1.82) is 0 Å². The molecule has 2 fully saturated rings. The Morgan fingerprint density at radius 3 is 2.86 bits per heavy atom. The minimum atomic E-state index is 0.0397. The molecule has 3 rings (SSSR count). The van der Waals surface area contributed by atoms with Crippen LogP contribution in [0.3, 0.4) is 0 Å². The van der Waals surface area contributed by atoms with Gasteiger partial charge in [-0.05, 0) is 37.5 Å². The monoisotopic (exact) mass is 309 g/mol. The van der Waals surface area contributed by atoms with Crippen LogP contribution in [-0.4, -0.2) is 43.7 Å². The molecular weight excluding hydrogens is 290 g/mol. The first-order valence-electron chi connectivity index (χ1n) is 7.41. The van der Waals surface area contributed by atoms with Crippen molar-refractivity contribution in [3.05, 3.63) is 28.8 Å². The molecular formula is C16H20ClNO3. The second-order valence-corrected chi connectivity index (χ2v) is 6.20. The summed E-state index contributed by atoms with van der Waals surface area (Å²) in [5, 5.41) is 0.575. The smallest absolute Gasteiger partial charge is 0.257 e. The molecule has 1 aromatic rings. The van der Waals surface area contributed by atoms with Crippen LogP contribution in [0.25, 0.3) is 0 Å². The van der Waals surface area contributed by atoms with E-state index in [-0.39, 0.29) is 5.91 Å². The van der Waals surface area contributed by atoms with Crippen LogP contribution in [0.15, 0.2) is 18.2 Å². The first kappa shape index (κ1) is 14.7. The lowest BCUT2D eigenvalue weighted by Gasteiger charge is -2.26. The molecule has 114 valence electrons. The molecule has 5 heteroatoms. The van der Waals surface area contributed by atoms with E-state index in [1.807, 2.05) is 4.90 Å². The Balaban J connectivity index is 1.80. The van der Waals surface area contributed by atoms with Gasteiger partial charge >= 0.3 is 0 Å². The molecule has 4 nitrogen and oxygen atoms in total. The van der Waals surface area contributed by atoms with Crippen molar-refractivity contribution < 1.29 is 14.3 Å². The highest BCUT2D eigenvalue weighted by Gasteiger charge is 2.36. The maximum absolute atomic E-state index is 12.9. The summed E-state index contributed by atoms with van der Waals surface area (Å²) in [5.41, 5.74) is 0.590. The van der Waals surface area contributed by atoms with Crippen LogP contribution in [0.5, 0.6) is 5.75 Å². The number of rotatable bonds is 5. The van der Waals surface area contributed by atoms with Crippen LogP contribution in [0.1, 0.15) is 29.6 Å². The summed E-state index contributed by atoms with van der Waals surface area (Å²) < 4.78 is 10.7. The van der Waals surface area contributed by atoms with Gasteiger partial charge in [0.25, 0.3) is 5.91 Å². The highest BCUT2D eigenvalue weighted by Crippen LogP contribution is 2.32. The fourth-order valence-electron chi connectivity index (χ4n) is 2.79. The molecule has 1 aliphatic heterocycles. The summed E-state index contributed by atoms with van der Waals surface area (Å²) in [7, 11) is 1.56. The number of carbonyl (C=O) groups excluding carboxylic acids is 1. The number of amides is 1. The lowest BCUT2D eigenvalue weighted by Crippen LogP contribution is -2.37. The van der Waals surface area contributed by atoms with E-state index in [1.54, 1.807) is 25.3 Å². The van der Waals surface area contributed by atoms with E-state index < -0.39 is 0 Å². The first-order chi connectivity index (χ1) is 10.2. The molecule has 1 amide bonds. The number of ether oxygens (including phenoxy) is 2. The number of benzene rings is 1. The SMILES string of the molecule is COc1cc(Cl)ccc1C(=O)N(CC1CCOC1)C1CC1. The molecule has 1 saturated heterocycles. The van der Waals surface area contributed by atoms with Crippen LogP contribution >= 0.6 is 11.6 Å². The number of carbonyl (C=O) groups is 1. The van der Waals surface area contributed by atoms with Gasteiger partial charge in [-0.25, -0.2) is 0 Å². The number of hydrogen-bond acceptors (Lipinski definition) is 3. The van der Waals surface area contributed by atoms with Crippen LogP contribution < -0.4 is 4.74 Å². The van der Waals surface area contributed by atoms with Gasteiger partial charge in [0.1, 0.15) is 5.75 Å². The quantitative estimate of drug-likeness (QED) is 0.839. The molecule has 1 unspecified atom stereocenters. The topological polar surface area (TPSA) is 38.8 Å². The molecule has 21 heavy (non-hydrogen) atoms. The Kier molecular flexibility index (Phi) is 4.36. The molecule has 0 spiro atoms. The van der Waals surface area contributed by atoms with E-state index in [2.05, 4.69) is 0 Å². The molecule has 0 bridgehead atoms. The molecule has 1 heterocycles. The summed E-state index contributed by atoms with van der Waals surface area (Å²) >= 11 is 5.97. The largest absolute Gasteiger partial charge is 0.496 e. The normalized spacial score (nSPS) is 21.3. The van der Waals surface area contributed by atoms with E-state index in [9.17, 15) is 4.79 Å². The summed E-state index contributed by atoms with van der Waals surface area (Å²) in [4.78, 5) is 14.9. The predicted molar refractivity (Wildman–Crippen MR) is 81.0 cm³/mol. The van der Waals surface area contributed by atoms with Gasteiger partial charge in [-0.3, -0.25) is 4.79 Å². The molecule has 1 aliphatic carbocycles. The van der Waals surface area contributed by atoms with Crippen molar-refractivity contribution in [2.75, 3.05) is 26.9 Å². The lowest BCUT2D eigenvalue weighted by molar-refractivity contribution is 0.0703. The fraction of sp³-hybridized carbons (Fsp3) is 0.562. The maximum atomic E-state index is 12.9. The molecule has 1 atom stereocenters. The average molecular weight is 310 g/mol. The van der Waals surface area contributed by atoms with E-state index in [0.717, 1.165) is 39.0 Å². The number of hydrogen-bond donors (Lipinski definition) is 0. The molecule has 0 N–H and O–H groups in total. The van der Waals surface area contributed by atoms with Crippen molar-refractivity contribution in [2.45, 2.75) is 25.3 Å². The molecule has 0 aromatic heterocycles. The molecule has 2 aliphatic rings. The highest BCUT2D eigenvalue weighted by molar-refractivity contribution is 6.30. The van der Waals surface area contributed by atoms with Crippen molar-refractivity contribution in [1.82, 2.24) is 4.90 Å². The number of methoxy groups -OCH3 is 1. The maximum Gasteiger partial charge on any atom is 0.257 e. The molecule has 1 saturated carbocycles. The third-order valence-electron chi connectivity index (χ3n) is 4.12. The first-order valence-corrected chi connectivity index (χ1v) is 7.79. The van der Waals surface area contributed by atoms with Crippen LogP contribution in [0, 0.1) is 5.92 Å². The van der Waals surface area contributed by atoms with E-state index >= 15 is 0 Å². The van der Waals surface area contributed by atoms with Crippen molar-refractivity contribution >= 4 is 17.5 Å². The lowest BCUT2D eigenvalue weighted by atomic mass is 10.1. The van der Waals surface area contributed by atoms with Crippen LogP contribution in [0.4, 0.5) is 0 Å². The second-order valence-electron chi connectivity index (χ2n) is 5.76. The van der Waals surface area contributed by atoms with Gasteiger partial charge in [0.15, 0.2) is 0 Å². The zero-order valence-electron chi connectivity index (χ0n) is 12.2. The Morgan fingerprint density at radius 2 is 2.24 bits per heavy atom. The molecule has 1 aromatic carbocycles. The highest BCUT2D eigenvalue weighted by atomic mass is 35.5. The summed E-state index contributed by atoms with van der Waals surface area (Å²) in [5.74, 6) is 1.03. The van der Waals surface area contributed by atoms with Gasteiger partial charge in [-0.2, -0.15) is 0 Å². The third kappa shape index (κ3) is 3.33. The Hall–Kier alpha value is -1.26. The third-order valence-corrected chi connectivity index (χ3v) is 4.36. The summed E-state index contributed by atoms with van der Waals surface area (Å²) in [6.07, 6.45) is 3.22. The molecule has 0 radical (unpaired) electrons. The van der Waals surface area contributed by atoms with Crippen LogP contribution in [-0.2, 0) is 4.74 Å². The van der Waals surface area contributed by atoms with E-state index in [4.69, 9.17) is 21.1 Å². The van der Waals surface area contributed by atoms with Crippen molar-refractivity contribution in [3.8, 4) is 5.75 Å². The number of nitrogens with zero attached hydrogens (tertiary/aromatic N) is 1. The van der Waals surface area contributed by atoms with Gasteiger partial charge in [-0.1, -0.05) is 11.6 Å². The fourth-order valence-corrected chi connectivity index (χ4v) is 2.95. The number of halogens is 1. The van der Waals surface area contributed by atoms with E-state index in [0.29, 0.717) is 28.3 Å². The minimum absolute atomic E-state index is 0.0397. The second kappa shape index (κ2) is 6.24. The van der Waals surface area contributed by atoms with Crippen molar-refractivity contribution in [3.63, 3.8) is 0 Å². The standard InChI is InChI=1S/C16H20ClNO3/c1-20-15-8-12(17)2-5-14(15)16(19)18(13-3-4-13)9-11-6-7-21-10-11/h2,5,8,11,13H,3-4,6-7,9-10H2,1H3. The van der Waals surface area contributed by atoms with Gasteiger partial charge in [0.05, 0.1) is 19.3 Å². The minimum Gasteiger partial charge on any atom is -0.496 e. The van der Waals surface area contributed by atoms with Gasteiger partial charge in [0.2, 0.25) is 0 Å². The zero-order chi connectivity index (χ0) is 14.8. The van der Waals surface area contributed by atoms with Gasteiger partial charge < -0.3 is 14.4 Å². The van der Waals surface area contributed by atoms with Gasteiger partial charge in [0, 0.05) is 30.1 Å². The Morgan fingerprint density at radius 1 is 1.43 bits per heavy atom. The summed E-state index contributed by atoms with van der Waals surface area (Å²) in [6.45, 7) is 2.34. The summed E-state index contributed by atoms with van der Waals surface area (Å²) in [6, 6.07) is 5.56. The van der Waals surface area contributed by atoms with Crippen LogP contribution in [0.2, 0.25) is 5.02 Å². The Bertz CT molecular complexity index is 524. The Labute approximate surface area is 130 Å². The van der Waals surface area contributed by atoms with E-state index in [1.165, 1.54) is 0 Å². The zero-order valence-corrected chi connectivity index (χ0v) is 12.9. The average Bonchev–Trinajstić information content (AvgIpc) is 3.20.